The molecule has 4 heteroatoms. The molecule has 17 heavy (non-hydrogen) atoms. The summed E-state index contributed by atoms with van der Waals surface area (Å²) in [7, 11) is 1.67. The number of hydrogen-bond acceptors (Lipinski definition) is 2. The van der Waals surface area contributed by atoms with Gasteiger partial charge in [-0.05, 0) is 19.1 Å². The standard InChI is InChI=1S/C13H15ClN2O/c1-9-13(16-12(15-9)7-8-14)10-5-3-4-6-11(10)17-2/h3-6H,7-8H2,1-2H3,(H,15,16). The van der Waals surface area contributed by atoms with Gasteiger partial charge in [-0.1, -0.05) is 12.1 Å². The first-order valence-electron chi connectivity index (χ1n) is 5.51. The van der Waals surface area contributed by atoms with Gasteiger partial charge in [-0.2, -0.15) is 0 Å². The van der Waals surface area contributed by atoms with Crippen molar-refractivity contribution in [3.63, 3.8) is 0 Å². The maximum atomic E-state index is 5.72. The van der Waals surface area contributed by atoms with Gasteiger partial charge in [-0.25, -0.2) is 4.98 Å². The van der Waals surface area contributed by atoms with Crippen molar-refractivity contribution in [2.24, 2.45) is 0 Å². The quantitative estimate of drug-likeness (QED) is 0.847. The van der Waals surface area contributed by atoms with Crippen LogP contribution in [0.25, 0.3) is 11.3 Å². The Kier molecular flexibility index (Phi) is 3.69. The highest BCUT2D eigenvalue weighted by Crippen LogP contribution is 2.30. The van der Waals surface area contributed by atoms with Gasteiger partial charge in [0.15, 0.2) is 0 Å². The summed E-state index contributed by atoms with van der Waals surface area (Å²) in [5, 5.41) is 0. The fourth-order valence-corrected chi connectivity index (χ4v) is 2.01. The van der Waals surface area contributed by atoms with Crippen molar-refractivity contribution in [2.75, 3.05) is 13.0 Å². The summed E-state index contributed by atoms with van der Waals surface area (Å²) in [6.07, 6.45) is 0.748. The third-order valence-corrected chi connectivity index (χ3v) is 2.82. The Labute approximate surface area is 106 Å². The van der Waals surface area contributed by atoms with Gasteiger partial charge >= 0.3 is 0 Å². The lowest BCUT2D eigenvalue weighted by molar-refractivity contribution is 0.416. The monoisotopic (exact) mass is 250 g/mol. The summed E-state index contributed by atoms with van der Waals surface area (Å²) in [5.41, 5.74) is 2.97. The van der Waals surface area contributed by atoms with E-state index in [1.807, 2.05) is 31.2 Å². The van der Waals surface area contributed by atoms with Crippen LogP contribution >= 0.6 is 11.6 Å². The molecule has 0 spiro atoms. The molecule has 0 aliphatic carbocycles. The molecule has 0 fully saturated rings. The largest absolute Gasteiger partial charge is 0.496 e. The van der Waals surface area contributed by atoms with Crippen LogP contribution in [-0.4, -0.2) is 23.0 Å². The van der Waals surface area contributed by atoms with Crippen molar-refractivity contribution in [3.05, 3.63) is 35.8 Å². The zero-order chi connectivity index (χ0) is 12.3. The molecule has 0 unspecified atom stereocenters. The third kappa shape index (κ3) is 2.44. The first kappa shape index (κ1) is 12.0. The number of benzene rings is 1. The molecule has 0 aliphatic rings. The number of imidazole rings is 1. The number of nitrogens with zero attached hydrogens (tertiary/aromatic N) is 1. The van der Waals surface area contributed by atoms with Crippen LogP contribution in [0.3, 0.4) is 0 Å². The van der Waals surface area contributed by atoms with E-state index in [0.717, 1.165) is 34.9 Å². The molecule has 0 saturated carbocycles. The summed E-state index contributed by atoms with van der Waals surface area (Å²) < 4.78 is 5.34. The molecule has 0 radical (unpaired) electrons. The van der Waals surface area contributed by atoms with E-state index in [1.54, 1.807) is 7.11 Å². The van der Waals surface area contributed by atoms with E-state index in [2.05, 4.69) is 9.97 Å². The van der Waals surface area contributed by atoms with Crippen molar-refractivity contribution < 1.29 is 4.74 Å². The summed E-state index contributed by atoms with van der Waals surface area (Å²) in [6, 6.07) is 7.87. The second-order valence-electron chi connectivity index (χ2n) is 3.80. The van der Waals surface area contributed by atoms with Gasteiger partial charge in [0, 0.05) is 23.6 Å². The van der Waals surface area contributed by atoms with Gasteiger partial charge < -0.3 is 9.72 Å². The molecule has 0 amide bonds. The average Bonchev–Trinajstić information content (AvgIpc) is 2.70. The fourth-order valence-electron chi connectivity index (χ4n) is 1.83. The number of aromatic nitrogens is 2. The van der Waals surface area contributed by atoms with Crippen molar-refractivity contribution >= 4 is 11.6 Å². The minimum Gasteiger partial charge on any atom is -0.496 e. The highest BCUT2D eigenvalue weighted by Gasteiger charge is 2.12. The molecular formula is C13H15ClN2O. The number of alkyl halides is 1. The van der Waals surface area contributed by atoms with E-state index in [9.17, 15) is 0 Å². The van der Waals surface area contributed by atoms with Crippen molar-refractivity contribution in [1.82, 2.24) is 9.97 Å². The van der Waals surface area contributed by atoms with Gasteiger partial charge in [0.2, 0.25) is 0 Å². The highest BCUT2D eigenvalue weighted by atomic mass is 35.5. The smallest absolute Gasteiger partial charge is 0.128 e. The first-order chi connectivity index (χ1) is 8.26. The SMILES string of the molecule is COc1ccccc1-c1nc(CCCl)[nH]c1C. The zero-order valence-electron chi connectivity index (χ0n) is 9.96. The molecule has 0 aliphatic heterocycles. The molecule has 1 heterocycles. The Morgan fingerprint density at radius 2 is 2.12 bits per heavy atom. The van der Waals surface area contributed by atoms with E-state index in [1.165, 1.54) is 0 Å². The number of ether oxygens (including phenoxy) is 1. The van der Waals surface area contributed by atoms with E-state index in [4.69, 9.17) is 16.3 Å². The molecule has 3 nitrogen and oxygen atoms in total. The lowest BCUT2D eigenvalue weighted by atomic mass is 10.1. The van der Waals surface area contributed by atoms with E-state index < -0.39 is 0 Å². The Hall–Kier alpha value is -1.48. The lowest BCUT2D eigenvalue weighted by Crippen LogP contribution is -1.90. The molecule has 1 N–H and O–H groups in total. The van der Waals surface area contributed by atoms with Crippen molar-refractivity contribution in [1.29, 1.82) is 0 Å². The number of halogens is 1. The summed E-state index contributed by atoms with van der Waals surface area (Å²) >= 11 is 5.72. The van der Waals surface area contributed by atoms with Crippen LogP contribution in [0.15, 0.2) is 24.3 Å². The van der Waals surface area contributed by atoms with E-state index in [-0.39, 0.29) is 0 Å². The average molecular weight is 251 g/mol. The maximum absolute atomic E-state index is 5.72. The molecular weight excluding hydrogens is 236 g/mol. The predicted octanol–water partition coefficient (Wildman–Crippen LogP) is 3.18. The topological polar surface area (TPSA) is 37.9 Å². The van der Waals surface area contributed by atoms with Crippen molar-refractivity contribution in [3.8, 4) is 17.0 Å². The fraction of sp³-hybridized carbons (Fsp3) is 0.308. The number of rotatable bonds is 4. The van der Waals surface area contributed by atoms with Gasteiger partial charge in [0.25, 0.3) is 0 Å². The number of aromatic amines is 1. The Morgan fingerprint density at radius 3 is 2.82 bits per heavy atom. The molecule has 0 bridgehead atoms. The van der Waals surface area contributed by atoms with Crippen LogP contribution in [0, 0.1) is 6.92 Å². The normalized spacial score (nSPS) is 10.5. The number of nitrogens with one attached hydrogen (secondary N) is 1. The number of methoxy groups -OCH3 is 1. The Bertz CT molecular complexity index is 508. The van der Waals surface area contributed by atoms with Crippen LogP contribution in [0.5, 0.6) is 5.75 Å². The highest BCUT2D eigenvalue weighted by molar-refractivity contribution is 6.17. The molecule has 1 aromatic carbocycles. The predicted molar refractivity (Wildman–Crippen MR) is 69.7 cm³/mol. The van der Waals surface area contributed by atoms with Gasteiger partial charge in [0.1, 0.15) is 11.6 Å². The van der Waals surface area contributed by atoms with Gasteiger partial charge in [-0.3, -0.25) is 0 Å². The van der Waals surface area contributed by atoms with Crippen LogP contribution in [0.4, 0.5) is 0 Å². The number of aryl methyl sites for hydroxylation is 2. The first-order valence-corrected chi connectivity index (χ1v) is 6.04. The summed E-state index contributed by atoms with van der Waals surface area (Å²) in [5.74, 6) is 2.32. The zero-order valence-corrected chi connectivity index (χ0v) is 10.7. The molecule has 1 aromatic heterocycles. The number of H-pyrrole nitrogens is 1. The second kappa shape index (κ2) is 5.23. The molecule has 90 valence electrons. The van der Waals surface area contributed by atoms with Crippen LogP contribution in [0.1, 0.15) is 11.5 Å². The summed E-state index contributed by atoms with van der Waals surface area (Å²) in [4.78, 5) is 7.80. The maximum Gasteiger partial charge on any atom is 0.128 e. The van der Waals surface area contributed by atoms with Crippen molar-refractivity contribution in [2.45, 2.75) is 13.3 Å². The van der Waals surface area contributed by atoms with Gasteiger partial charge in [0.05, 0.1) is 12.8 Å². The Balaban J connectivity index is 2.45. The third-order valence-electron chi connectivity index (χ3n) is 2.63. The molecule has 2 rings (SSSR count). The van der Waals surface area contributed by atoms with Gasteiger partial charge in [-0.15, -0.1) is 11.6 Å². The lowest BCUT2D eigenvalue weighted by Gasteiger charge is -2.06. The van der Waals surface area contributed by atoms with E-state index in [0.29, 0.717) is 5.88 Å². The molecule has 2 aromatic rings. The van der Waals surface area contributed by atoms with Crippen LogP contribution in [0.2, 0.25) is 0 Å². The van der Waals surface area contributed by atoms with E-state index >= 15 is 0 Å². The Morgan fingerprint density at radius 1 is 1.35 bits per heavy atom. The molecule has 0 saturated heterocycles. The minimum atomic E-state index is 0.568. The number of hydrogen-bond donors (Lipinski definition) is 1. The summed E-state index contributed by atoms with van der Waals surface area (Å²) in [6.45, 7) is 2.01. The number of para-hydroxylation sites is 1. The van der Waals surface area contributed by atoms with Crippen LogP contribution in [-0.2, 0) is 6.42 Å². The second-order valence-corrected chi connectivity index (χ2v) is 4.17. The van der Waals surface area contributed by atoms with Crippen LogP contribution < -0.4 is 4.74 Å². The minimum absolute atomic E-state index is 0.568. The molecule has 0 atom stereocenters.